The average Bonchev–Trinajstić information content (AvgIpc) is 2.49. The minimum Gasteiger partial charge on any atom is -0.494 e. The quantitative estimate of drug-likeness (QED) is 0.618. The van der Waals surface area contributed by atoms with E-state index in [9.17, 15) is 9.18 Å². The Kier molecular flexibility index (Phi) is 5.63. The number of aromatic carboxylic acids is 1. The first-order valence-corrected chi connectivity index (χ1v) is 7.49. The lowest BCUT2D eigenvalue weighted by Crippen LogP contribution is -2.01. The zero-order valence-electron chi connectivity index (χ0n) is 11.3. The Morgan fingerprint density at radius 1 is 1.19 bits per heavy atom. The van der Waals surface area contributed by atoms with E-state index in [4.69, 9.17) is 9.84 Å². The standard InChI is InChI=1S/C16H15FO3S/c17-14-7-1-2-8-15(14)21-10-4-9-20-13-6-3-5-12(11-13)16(18)19/h1-3,5-8,11H,4,9-10H2,(H,18,19). The number of hydrogen-bond acceptors (Lipinski definition) is 3. The average molecular weight is 306 g/mol. The van der Waals surface area contributed by atoms with Gasteiger partial charge in [0.15, 0.2) is 0 Å². The van der Waals surface area contributed by atoms with Gasteiger partial charge in [-0.05, 0) is 36.8 Å². The first-order chi connectivity index (χ1) is 10.2. The Labute approximate surface area is 126 Å². The first kappa shape index (κ1) is 15.4. The fourth-order valence-electron chi connectivity index (χ4n) is 1.71. The van der Waals surface area contributed by atoms with Gasteiger partial charge in [0.25, 0.3) is 0 Å². The number of rotatable bonds is 7. The molecule has 21 heavy (non-hydrogen) atoms. The highest BCUT2D eigenvalue weighted by molar-refractivity contribution is 7.99. The van der Waals surface area contributed by atoms with E-state index in [0.717, 1.165) is 12.2 Å². The van der Waals surface area contributed by atoms with Crippen LogP contribution >= 0.6 is 11.8 Å². The van der Waals surface area contributed by atoms with Gasteiger partial charge < -0.3 is 9.84 Å². The maximum absolute atomic E-state index is 13.4. The lowest BCUT2D eigenvalue weighted by atomic mass is 10.2. The summed E-state index contributed by atoms with van der Waals surface area (Å²) in [7, 11) is 0. The molecule has 0 bridgehead atoms. The Hall–Kier alpha value is -2.01. The van der Waals surface area contributed by atoms with Crippen LogP contribution in [0.2, 0.25) is 0 Å². The predicted molar refractivity (Wildman–Crippen MR) is 80.6 cm³/mol. The second-order valence-electron chi connectivity index (χ2n) is 4.31. The van der Waals surface area contributed by atoms with E-state index in [2.05, 4.69) is 0 Å². The molecule has 0 spiro atoms. The maximum atomic E-state index is 13.4. The van der Waals surface area contributed by atoms with Crippen molar-refractivity contribution in [1.82, 2.24) is 0 Å². The van der Waals surface area contributed by atoms with Crippen LogP contribution in [0.4, 0.5) is 4.39 Å². The molecule has 0 atom stereocenters. The predicted octanol–water partition coefficient (Wildman–Crippen LogP) is 4.09. The van der Waals surface area contributed by atoms with Crippen molar-refractivity contribution in [2.75, 3.05) is 12.4 Å². The molecule has 2 rings (SSSR count). The Bertz CT molecular complexity index is 616. The summed E-state index contributed by atoms with van der Waals surface area (Å²) in [4.78, 5) is 11.5. The van der Waals surface area contributed by atoms with Gasteiger partial charge in [0, 0.05) is 10.6 Å². The minimum atomic E-state index is -0.976. The SMILES string of the molecule is O=C(O)c1cccc(OCCCSc2ccccc2F)c1. The van der Waals surface area contributed by atoms with Gasteiger partial charge in [-0.25, -0.2) is 9.18 Å². The van der Waals surface area contributed by atoms with E-state index < -0.39 is 5.97 Å². The molecule has 2 aromatic rings. The van der Waals surface area contributed by atoms with Crippen LogP contribution in [0.1, 0.15) is 16.8 Å². The van der Waals surface area contributed by atoms with Gasteiger partial charge in [-0.15, -0.1) is 11.8 Å². The number of carboxylic acids is 1. The summed E-state index contributed by atoms with van der Waals surface area (Å²) in [6.45, 7) is 0.463. The molecule has 0 saturated carbocycles. The Morgan fingerprint density at radius 2 is 2.00 bits per heavy atom. The molecule has 0 aliphatic rings. The van der Waals surface area contributed by atoms with Crippen LogP contribution in [-0.4, -0.2) is 23.4 Å². The van der Waals surface area contributed by atoms with Crippen LogP contribution in [-0.2, 0) is 0 Å². The van der Waals surface area contributed by atoms with Crippen molar-refractivity contribution in [3.8, 4) is 5.75 Å². The summed E-state index contributed by atoms with van der Waals surface area (Å²) < 4.78 is 18.9. The zero-order valence-corrected chi connectivity index (χ0v) is 12.1. The normalized spacial score (nSPS) is 10.3. The third kappa shape index (κ3) is 4.79. The van der Waals surface area contributed by atoms with Gasteiger partial charge in [0.05, 0.1) is 12.2 Å². The van der Waals surface area contributed by atoms with E-state index >= 15 is 0 Å². The third-order valence-corrected chi connectivity index (χ3v) is 3.87. The van der Waals surface area contributed by atoms with Gasteiger partial charge in [-0.2, -0.15) is 0 Å². The van der Waals surface area contributed by atoms with Crippen molar-refractivity contribution in [1.29, 1.82) is 0 Å². The summed E-state index contributed by atoms with van der Waals surface area (Å²) >= 11 is 1.44. The Balaban J connectivity index is 1.74. The minimum absolute atomic E-state index is 0.202. The van der Waals surface area contributed by atoms with Crippen molar-refractivity contribution in [3.63, 3.8) is 0 Å². The molecule has 0 radical (unpaired) electrons. The van der Waals surface area contributed by atoms with E-state index in [0.29, 0.717) is 17.3 Å². The van der Waals surface area contributed by atoms with Crippen LogP contribution in [0, 0.1) is 5.82 Å². The molecule has 0 fully saturated rings. The number of carbonyl (C=O) groups is 1. The number of benzene rings is 2. The van der Waals surface area contributed by atoms with Crippen LogP contribution in [0.25, 0.3) is 0 Å². The second-order valence-corrected chi connectivity index (χ2v) is 5.45. The van der Waals surface area contributed by atoms with E-state index in [1.807, 2.05) is 0 Å². The molecule has 1 N–H and O–H groups in total. The third-order valence-electron chi connectivity index (χ3n) is 2.73. The van der Waals surface area contributed by atoms with Gasteiger partial charge in [-0.1, -0.05) is 18.2 Å². The highest BCUT2D eigenvalue weighted by Crippen LogP contribution is 2.22. The van der Waals surface area contributed by atoms with Gasteiger partial charge in [0.2, 0.25) is 0 Å². The monoisotopic (exact) mass is 306 g/mol. The summed E-state index contributed by atoms with van der Waals surface area (Å²) in [6.07, 6.45) is 0.746. The summed E-state index contributed by atoms with van der Waals surface area (Å²) in [6, 6.07) is 13.0. The van der Waals surface area contributed by atoms with Crippen LogP contribution in [0.15, 0.2) is 53.4 Å². The summed E-state index contributed by atoms with van der Waals surface area (Å²) in [5.41, 5.74) is 0.202. The van der Waals surface area contributed by atoms with E-state index in [1.165, 1.54) is 30.0 Å². The first-order valence-electron chi connectivity index (χ1n) is 6.50. The van der Waals surface area contributed by atoms with Gasteiger partial charge in [0.1, 0.15) is 11.6 Å². The molecule has 0 aromatic heterocycles. The number of ether oxygens (including phenoxy) is 1. The number of hydrogen-bond donors (Lipinski definition) is 1. The molecule has 0 amide bonds. The van der Waals surface area contributed by atoms with Crippen molar-refractivity contribution >= 4 is 17.7 Å². The molecule has 5 heteroatoms. The van der Waals surface area contributed by atoms with Crippen LogP contribution in [0.3, 0.4) is 0 Å². The number of carboxylic acid groups (broad SMARTS) is 1. The molecular weight excluding hydrogens is 291 g/mol. The lowest BCUT2D eigenvalue weighted by molar-refractivity contribution is 0.0696. The molecular formula is C16H15FO3S. The molecule has 0 aliphatic heterocycles. The topological polar surface area (TPSA) is 46.5 Å². The van der Waals surface area contributed by atoms with Gasteiger partial charge >= 0.3 is 5.97 Å². The van der Waals surface area contributed by atoms with Crippen LogP contribution < -0.4 is 4.74 Å². The lowest BCUT2D eigenvalue weighted by Gasteiger charge is -2.07. The van der Waals surface area contributed by atoms with Gasteiger partial charge in [-0.3, -0.25) is 0 Å². The number of halogens is 1. The van der Waals surface area contributed by atoms with E-state index in [-0.39, 0.29) is 11.4 Å². The number of thioether (sulfide) groups is 1. The molecule has 0 heterocycles. The highest BCUT2D eigenvalue weighted by Gasteiger charge is 2.04. The van der Waals surface area contributed by atoms with Crippen molar-refractivity contribution < 1.29 is 19.0 Å². The molecule has 110 valence electrons. The van der Waals surface area contributed by atoms with Crippen LogP contribution in [0.5, 0.6) is 5.75 Å². The highest BCUT2D eigenvalue weighted by atomic mass is 32.2. The second kappa shape index (κ2) is 7.69. The fraction of sp³-hybridized carbons (Fsp3) is 0.188. The molecule has 0 saturated heterocycles. The smallest absolute Gasteiger partial charge is 0.335 e. The summed E-state index contributed by atoms with van der Waals surface area (Å²) in [5, 5.41) is 8.88. The van der Waals surface area contributed by atoms with Crippen molar-refractivity contribution in [2.45, 2.75) is 11.3 Å². The van der Waals surface area contributed by atoms with Crippen molar-refractivity contribution in [2.24, 2.45) is 0 Å². The fourth-order valence-corrected chi connectivity index (χ4v) is 2.57. The van der Waals surface area contributed by atoms with Crippen molar-refractivity contribution in [3.05, 3.63) is 59.9 Å². The summed E-state index contributed by atoms with van der Waals surface area (Å²) in [5.74, 6) is 0.0819. The molecule has 2 aromatic carbocycles. The molecule has 3 nitrogen and oxygen atoms in total. The largest absolute Gasteiger partial charge is 0.494 e. The molecule has 0 unspecified atom stereocenters. The Morgan fingerprint density at radius 3 is 2.76 bits per heavy atom. The maximum Gasteiger partial charge on any atom is 0.335 e. The molecule has 0 aliphatic carbocycles. The zero-order chi connectivity index (χ0) is 15.1. The van der Waals surface area contributed by atoms with E-state index in [1.54, 1.807) is 30.3 Å².